The molecule has 0 aromatic carbocycles. The Bertz CT molecular complexity index is 1480. The maximum Gasteiger partial charge on any atom is 0.0659 e. The van der Waals surface area contributed by atoms with Crippen LogP contribution < -0.4 is 0 Å². The van der Waals surface area contributed by atoms with Gasteiger partial charge < -0.3 is 14.9 Å². The van der Waals surface area contributed by atoms with Crippen LogP contribution in [0.2, 0.25) is 0 Å². The summed E-state index contributed by atoms with van der Waals surface area (Å²) in [6, 6.07) is 14.7. The minimum atomic E-state index is 0. The molecule has 0 fully saturated rings. The Kier molecular flexibility index (Phi) is 5.30. The van der Waals surface area contributed by atoms with Gasteiger partial charge in [0.1, 0.15) is 0 Å². The minimum Gasteiger partial charge on any atom is -0.377 e. The highest BCUT2D eigenvalue weighted by Gasteiger charge is 2.09. The fourth-order valence-electron chi connectivity index (χ4n) is 4.04. The Morgan fingerprint density at radius 1 is 0.719 bits per heavy atom. The lowest BCUT2D eigenvalue weighted by molar-refractivity contribution is 0.506. The van der Waals surface area contributed by atoms with Crippen molar-refractivity contribution in [3.05, 3.63) is 89.2 Å². The summed E-state index contributed by atoms with van der Waals surface area (Å²) in [5.41, 5.74) is 10.2. The molecule has 0 amide bonds. The third-order valence-corrected chi connectivity index (χ3v) is 5.59. The Morgan fingerprint density at radius 3 is 2.06 bits per heavy atom. The molecule has 0 spiro atoms. The number of halogens is 1. The van der Waals surface area contributed by atoms with E-state index in [0.717, 1.165) is 51.4 Å². The van der Waals surface area contributed by atoms with E-state index in [1.807, 2.05) is 30.4 Å². The van der Waals surface area contributed by atoms with Gasteiger partial charge in [0.25, 0.3) is 0 Å². The largest absolute Gasteiger partial charge is 0.377 e. The van der Waals surface area contributed by atoms with Crippen molar-refractivity contribution in [3.63, 3.8) is 0 Å². The summed E-state index contributed by atoms with van der Waals surface area (Å²) in [5, 5.41) is 0. The quantitative estimate of drug-likeness (QED) is 0.257. The van der Waals surface area contributed by atoms with Crippen molar-refractivity contribution in [2.45, 2.75) is 0 Å². The van der Waals surface area contributed by atoms with Crippen LogP contribution in [0, 0.1) is 0 Å². The lowest BCUT2D eigenvalue weighted by atomic mass is 10.0. The zero-order valence-electron chi connectivity index (χ0n) is 17.5. The monoisotopic (exact) mass is 531 g/mol. The van der Waals surface area contributed by atoms with Crippen LogP contribution in [0.25, 0.3) is 51.9 Å². The molecule has 3 aliphatic rings. The maximum atomic E-state index is 4.77. The first kappa shape index (κ1) is 20.5. The van der Waals surface area contributed by atoms with Crippen LogP contribution in [0.3, 0.4) is 0 Å². The van der Waals surface area contributed by atoms with Gasteiger partial charge in [0.05, 0.1) is 22.8 Å². The number of hydrogen-bond donors (Lipinski definition) is 2. The number of H-pyrrole nitrogens is 2. The topological polar surface area (TPSA) is 60.6 Å². The molecule has 0 saturated heterocycles. The number of rotatable bonds is 1. The summed E-state index contributed by atoms with van der Waals surface area (Å²) in [5.74, 6) is 0. The van der Waals surface area contributed by atoms with Crippen LogP contribution in [-0.4, -0.2) is 38.4 Å². The second-order valence-corrected chi connectivity index (χ2v) is 8.00. The number of nitrogens with one attached hydrogen (secondary N) is 2. The van der Waals surface area contributed by atoms with Gasteiger partial charge in [0, 0.05) is 41.2 Å². The van der Waals surface area contributed by atoms with E-state index < -0.39 is 0 Å². The molecule has 6 rings (SSSR count). The Morgan fingerprint density at radius 2 is 1.38 bits per heavy atom. The van der Waals surface area contributed by atoms with Crippen LogP contribution in [0.5, 0.6) is 0 Å². The van der Waals surface area contributed by atoms with Crippen LogP contribution in [-0.2, 0) is 0 Å². The number of nitrogens with zero attached hydrogens (tertiary/aromatic N) is 3. The highest BCUT2D eigenvalue weighted by Crippen LogP contribution is 2.26. The second kappa shape index (κ2) is 8.27. The van der Waals surface area contributed by atoms with Crippen molar-refractivity contribution in [1.29, 1.82) is 0 Å². The van der Waals surface area contributed by atoms with Crippen LogP contribution >= 0.6 is 24.0 Å². The van der Waals surface area contributed by atoms with E-state index in [2.05, 4.69) is 81.6 Å². The molecule has 0 saturated carbocycles. The molecule has 0 atom stereocenters. The van der Waals surface area contributed by atoms with E-state index >= 15 is 0 Å². The lowest BCUT2D eigenvalue weighted by Crippen LogP contribution is -2.13. The Hall–Kier alpha value is -3.39. The van der Waals surface area contributed by atoms with Gasteiger partial charge in [-0.2, -0.15) is 0 Å². The van der Waals surface area contributed by atoms with E-state index in [-0.39, 0.29) is 24.0 Å². The van der Waals surface area contributed by atoms with E-state index in [1.54, 1.807) is 0 Å². The van der Waals surface area contributed by atoms with Crippen molar-refractivity contribution in [3.8, 4) is 0 Å². The van der Waals surface area contributed by atoms with Gasteiger partial charge in [-0.1, -0.05) is 6.08 Å². The molecule has 3 aromatic heterocycles. The fourth-order valence-corrected chi connectivity index (χ4v) is 4.04. The van der Waals surface area contributed by atoms with Gasteiger partial charge in [0.15, 0.2) is 0 Å². The normalized spacial score (nSPS) is 14.4. The molecular weight excluding hydrogens is 509 g/mol. The first-order valence-corrected chi connectivity index (χ1v) is 10.4. The minimum absolute atomic E-state index is 0. The maximum absolute atomic E-state index is 4.77. The SMILES string of the molecule is CN1C=CC(c2cc3cc4ccc(cc5nc(cc6nc(cc2[nH]3)C=C6)C=C5)[nH]4)=CC1.I. The molecule has 5 nitrogen and oxygen atoms in total. The average molecular weight is 531 g/mol. The van der Waals surface area contributed by atoms with Crippen LogP contribution in [0.15, 0.2) is 60.8 Å². The lowest BCUT2D eigenvalue weighted by Gasteiger charge is -2.16. The molecule has 3 aromatic rings. The highest BCUT2D eigenvalue weighted by molar-refractivity contribution is 14.0. The Labute approximate surface area is 203 Å². The molecular formula is C26H22IN5. The molecule has 6 heterocycles. The van der Waals surface area contributed by atoms with Gasteiger partial charge in [-0.05, 0) is 84.6 Å². The number of allylic oxidation sites excluding steroid dienone is 2. The number of likely N-dealkylation sites (N-methyl/N-ethyl adjacent to an activating group) is 1. The van der Waals surface area contributed by atoms with Crippen LogP contribution in [0.1, 0.15) is 28.3 Å². The molecule has 32 heavy (non-hydrogen) atoms. The van der Waals surface area contributed by atoms with E-state index in [4.69, 9.17) is 4.98 Å². The number of fused-ring (bicyclic) bond motifs is 8. The first-order chi connectivity index (χ1) is 15.2. The van der Waals surface area contributed by atoms with E-state index in [9.17, 15) is 0 Å². The standard InChI is InChI=1S/C26H21N5.HI/c1-31-10-8-17(9-11-31)25-15-24-14-22-5-4-20(28-22)12-18-2-3-19(27-18)13-21-6-7-23(29-21)16-26(25)30-24;/h2-10,12-16,28,30H,11H2,1H3;1H. The molecule has 3 aliphatic heterocycles. The summed E-state index contributed by atoms with van der Waals surface area (Å²) < 4.78 is 0. The summed E-state index contributed by atoms with van der Waals surface area (Å²) in [6.07, 6.45) is 14.7. The number of aromatic nitrogens is 4. The zero-order chi connectivity index (χ0) is 20.8. The third kappa shape index (κ3) is 4.05. The Balaban J connectivity index is 0.00000216. The first-order valence-electron chi connectivity index (χ1n) is 10.4. The van der Waals surface area contributed by atoms with Crippen molar-refractivity contribution in [1.82, 2.24) is 24.8 Å². The molecule has 0 aliphatic carbocycles. The molecule has 2 N–H and O–H groups in total. The van der Waals surface area contributed by atoms with Crippen LogP contribution in [0.4, 0.5) is 0 Å². The molecule has 8 bridgehead atoms. The predicted octanol–water partition coefficient (Wildman–Crippen LogP) is 6.12. The highest BCUT2D eigenvalue weighted by atomic mass is 127. The summed E-state index contributed by atoms with van der Waals surface area (Å²) >= 11 is 0. The number of hydrogen-bond acceptors (Lipinski definition) is 3. The zero-order valence-corrected chi connectivity index (χ0v) is 19.9. The number of aromatic amines is 2. The molecule has 0 unspecified atom stereocenters. The molecule has 158 valence electrons. The smallest absolute Gasteiger partial charge is 0.0659 e. The van der Waals surface area contributed by atoms with Crippen molar-refractivity contribution < 1.29 is 0 Å². The molecule has 6 heteroatoms. The van der Waals surface area contributed by atoms with Crippen molar-refractivity contribution in [2.75, 3.05) is 13.6 Å². The van der Waals surface area contributed by atoms with Crippen molar-refractivity contribution >= 4 is 75.9 Å². The third-order valence-electron chi connectivity index (χ3n) is 5.59. The van der Waals surface area contributed by atoms with Gasteiger partial charge in [-0.3, -0.25) is 0 Å². The van der Waals surface area contributed by atoms with E-state index in [0.29, 0.717) is 0 Å². The van der Waals surface area contributed by atoms with Gasteiger partial charge in [0.2, 0.25) is 0 Å². The molecule has 0 radical (unpaired) electrons. The predicted molar refractivity (Wildman–Crippen MR) is 144 cm³/mol. The van der Waals surface area contributed by atoms with Gasteiger partial charge >= 0.3 is 0 Å². The fraction of sp³-hybridized carbons (Fsp3) is 0.0769. The summed E-state index contributed by atoms with van der Waals surface area (Å²) in [7, 11) is 2.08. The summed E-state index contributed by atoms with van der Waals surface area (Å²) in [6.45, 7) is 0.896. The van der Waals surface area contributed by atoms with Crippen molar-refractivity contribution in [2.24, 2.45) is 0 Å². The van der Waals surface area contributed by atoms with Gasteiger partial charge in [-0.15, -0.1) is 24.0 Å². The summed E-state index contributed by atoms with van der Waals surface area (Å²) in [4.78, 5) is 18.7. The average Bonchev–Trinajstić information content (AvgIpc) is 3.54. The second-order valence-electron chi connectivity index (χ2n) is 8.00. The van der Waals surface area contributed by atoms with Gasteiger partial charge in [-0.25, -0.2) is 9.97 Å². The van der Waals surface area contributed by atoms with E-state index in [1.165, 1.54) is 11.1 Å².